The molecule has 0 spiro atoms. The number of hydrogen-bond acceptors (Lipinski definition) is 0. The average molecular weight is 180 g/mol. The first kappa shape index (κ1) is 10.8. The summed E-state index contributed by atoms with van der Waals surface area (Å²) in [6.07, 6.45) is 9.95. The van der Waals surface area contributed by atoms with Gasteiger partial charge in [-0.2, -0.15) is 0 Å². The fraction of sp³-hybridized carbons (Fsp3) is 0.846. The second-order valence-corrected chi connectivity index (χ2v) is 4.67. The number of hydrogen-bond donors (Lipinski definition) is 0. The summed E-state index contributed by atoms with van der Waals surface area (Å²) in [7, 11) is 0. The third kappa shape index (κ3) is 3.54. The first-order valence-corrected chi connectivity index (χ1v) is 5.88. The zero-order valence-corrected chi connectivity index (χ0v) is 9.53. The van der Waals surface area contributed by atoms with Crippen molar-refractivity contribution in [3.63, 3.8) is 0 Å². The van der Waals surface area contributed by atoms with Crippen LogP contribution >= 0.6 is 0 Å². The lowest BCUT2D eigenvalue weighted by molar-refractivity contribution is 0.512. The lowest BCUT2D eigenvalue weighted by Gasteiger charge is -2.17. The van der Waals surface area contributed by atoms with Gasteiger partial charge in [0.05, 0.1) is 0 Å². The Kier molecular flexibility index (Phi) is 4.55. The van der Waals surface area contributed by atoms with Gasteiger partial charge in [0.25, 0.3) is 0 Å². The molecule has 0 saturated carbocycles. The molecular formula is C13H24. The van der Waals surface area contributed by atoms with Crippen LogP contribution in [-0.4, -0.2) is 0 Å². The monoisotopic (exact) mass is 180 g/mol. The van der Waals surface area contributed by atoms with Gasteiger partial charge < -0.3 is 0 Å². The van der Waals surface area contributed by atoms with E-state index in [4.69, 9.17) is 0 Å². The van der Waals surface area contributed by atoms with Gasteiger partial charge in [0.15, 0.2) is 0 Å². The van der Waals surface area contributed by atoms with Crippen LogP contribution in [-0.2, 0) is 0 Å². The van der Waals surface area contributed by atoms with E-state index in [0.717, 1.165) is 5.92 Å². The number of rotatable bonds is 0. The topological polar surface area (TPSA) is 0 Å². The quantitative estimate of drug-likeness (QED) is 0.474. The molecule has 0 radical (unpaired) electrons. The Balaban J connectivity index is 2.58. The summed E-state index contributed by atoms with van der Waals surface area (Å²) < 4.78 is 0. The zero-order valence-electron chi connectivity index (χ0n) is 9.53. The lowest BCUT2D eigenvalue weighted by atomic mass is 9.89. The summed E-state index contributed by atoms with van der Waals surface area (Å²) in [4.78, 5) is 0. The van der Waals surface area contributed by atoms with E-state index in [-0.39, 0.29) is 0 Å². The van der Waals surface area contributed by atoms with E-state index in [2.05, 4.69) is 20.8 Å². The molecule has 1 unspecified atom stereocenters. The molecule has 0 saturated heterocycles. The van der Waals surface area contributed by atoms with Gasteiger partial charge in [-0.1, -0.05) is 43.8 Å². The van der Waals surface area contributed by atoms with Crippen LogP contribution in [0, 0.1) is 5.92 Å². The van der Waals surface area contributed by atoms with Crippen LogP contribution in [0.4, 0.5) is 0 Å². The molecule has 0 aromatic heterocycles. The van der Waals surface area contributed by atoms with Crippen molar-refractivity contribution in [1.82, 2.24) is 0 Å². The second-order valence-electron chi connectivity index (χ2n) is 4.67. The highest BCUT2D eigenvalue weighted by molar-refractivity contribution is 5.12. The van der Waals surface area contributed by atoms with Crippen molar-refractivity contribution in [2.75, 3.05) is 0 Å². The summed E-state index contributed by atoms with van der Waals surface area (Å²) in [6.45, 7) is 7.05. The normalized spacial score (nSPS) is 27.5. The Labute approximate surface area is 83.4 Å². The SMILES string of the molecule is CC1=C(C)C(C)CCCCCCC1. The third-order valence-electron chi connectivity index (χ3n) is 3.60. The summed E-state index contributed by atoms with van der Waals surface area (Å²) in [5.74, 6) is 0.832. The Morgan fingerprint density at radius 2 is 1.54 bits per heavy atom. The van der Waals surface area contributed by atoms with Gasteiger partial charge in [-0.05, 0) is 39.0 Å². The van der Waals surface area contributed by atoms with Gasteiger partial charge in [0, 0.05) is 0 Å². The molecule has 76 valence electrons. The molecule has 0 aromatic rings. The lowest BCUT2D eigenvalue weighted by Crippen LogP contribution is -2.01. The molecule has 13 heavy (non-hydrogen) atoms. The zero-order chi connectivity index (χ0) is 9.68. The van der Waals surface area contributed by atoms with E-state index >= 15 is 0 Å². The molecule has 0 aromatic carbocycles. The molecule has 1 rings (SSSR count). The summed E-state index contributed by atoms with van der Waals surface area (Å²) in [5.41, 5.74) is 3.33. The number of allylic oxidation sites excluding steroid dienone is 2. The minimum Gasteiger partial charge on any atom is -0.0741 e. The van der Waals surface area contributed by atoms with Gasteiger partial charge in [0.1, 0.15) is 0 Å². The Hall–Kier alpha value is -0.260. The third-order valence-corrected chi connectivity index (χ3v) is 3.60. The molecule has 0 N–H and O–H groups in total. The first-order chi connectivity index (χ1) is 6.22. The smallest absolute Gasteiger partial charge is 0.0232 e. The molecule has 1 atom stereocenters. The maximum absolute atomic E-state index is 2.39. The molecule has 1 aliphatic rings. The van der Waals surface area contributed by atoms with Crippen LogP contribution in [0.2, 0.25) is 0 Å². The molecule has 0 nitrogen and oxygen atoms in total. The van der Waals surface area contributed by atoms with Gasteiger partial charge in [-0.3, -0.25) is 0 Å². The maximum atomic E-state index is 2.39. The Bertz CT molecular complexity index is 176. The van der Waals surface area contributed by atoms with Gasteiger partial charge in [-0.25, -0.2) is 0 Å². The van der Waals surface area contributed by atoms with Gasteiger partial charge in [0.2, 0.25) is 0 Å². The van der Waals surface area contributed by atoms with Crippen LogP contribution in [0.5, 0.6) is 0 Å². The largest absolute Gasteiger partial charge is 0.0741 e. The predicted octanol–water partition coefficient (Wildman–Crippen LogP) is 4.70. The van der Waals surface area contributed by atoms with E-state index in [1.807, 2.05) is 0 Å². The van der Waals surface area contributed by atoms with E-state index in [1.54, 1.807) is 11.1 Å². The molecule has 0 fully saturated rings. The second kappa shape index (κ2) is 5.47. The van der Waals surface area contributed by atoms with Gasteiger partial charge in [-0.15, -0.1) is 0 Å². The van der Waals surface area contributed by atoms with Crippen LogP contribution in [0.1, 0.15) is 65.7 Å². The maximum Gasteiger partial charge on any atom is -0.0232 e. The minimum atomic E-state index is 0.832. The Morgan fingerprint density at radius 1 is 0.923 bits per heavy atom. The average Bonchev–Trinajstić information content (AvgIpc) is 2.13. The van der Waals surface area contributed by atoms with Crippen molar-refractivity contribution < 1.29 is 0 Å². The standard InChI is InChI=1S/C13H24/c1-11-9-7-5-4-6-8-10-12(2)13(11)3/h11H,4-10H2,1-3H3. The fourth-order valence-corrected chi connectivity index (χ4v) is 2.21. The van der Waals surface area contributed by atoms with Crippen molar-refractivity contribution in [3.8, 4) is 0 Å². The highest BCUT2D eigenvalue weighted by Crippen LogP contribution is 2.25. The van der Waals surface area contributed by atoms with Crippen molar-refractivity contribution in [2.24, 2.45) is 5.92 Å². The summed E-state index contributed by atoms with van der Waals surface area (Å²) in [6, 6.07) is 0. The van der Waals surface area contributed by atoms with Crippen molar-refractivity contribution >= 4 is 0 Å². The minimum absolute atomic E-state index is 0.832. The summed E-state index contributed by atoms with van der Waals surface area (Å²) in [5, 5.41) is 0. The van der Waals surface area contributed by atoms with E-state index in [9.17, 15) is 0 Å². The van der Waals surface area contributed by atoms with Gasteiger partial charge >= 0.3 is 0 Å². The van der Waals surface area contributed by atoms with Crippen molar-refractivity contribution in [2.45, 2.75) is 65.7 Å². The molecule has 0 aliphatic heterocycles. The van der Waals surface area contributed by atoms with Crippen LogP contribution in [0.3, 0.4) is 0 Å². The molecule has 0 bridgehead atoms. The molecule has 0 heterocycles. The van der Waals surface area contributed by atoms with E-state index in [1.165, 1.54) is 44.9 Å². The van der Waals surface area contributed by atoms with E-state index < -0.39 is 0 Å². The van der Waals surface area contributed by atoms with Crippen LogP contribution in [0.15, 0.2) is 11.1 Å². The fourth-order valence-electron chi connectivity index (χ4n) is 2.21. The van der Waals surface area contributed by atoms with Crippen LogP contribution < -0.4 is 0 Å². The molecule has 1 aliphatic carbocycles. The van der Waals surface area contributed by atoms with Crippen molar-refractivity contribution in [3.05, 3.63) is 11.1 Å². The van der Waals surface area contributed by atoms with Crippen molar-refractivity contribution in [1.29, 1.82) is 0 Å². The Morgan fingerprint density at radius 3 is 2.31 bits per heavy atom. The highest BCUT2D eigenvalue weighted by Gasteiger charge is 2.08. The summed E-state index contributed by atoms with van der Waals surface area (Å²) >= 11 is 0. The molecular weight excluding hydrogens is 156 g/mol. The highest BCUT2D eigenvalue weighted by atomic mass is 14.1. The first-order valence-electron chi connectivity index (χ1n) is 5.88. The van der Waals surface area contributed by atoms with E-state index in [0.29, 0.717) is 0 Å². The molecule has 0 heteroatoms. The molecule has 0 amide bonds. The predicted molar refractivity (Wildman–Crippen MR) is 59.9 cm³/mol. The van der Waals surface area contributed by atoms with Crippen LogP contribution in [0.25, 0.3) is 0 Å².